The molecule has 1 aromatic rings. The number of aliphatic hydroxyl groups is 1. The maximum atomic E-state index is 9.47. The van der Waals surface area contributed by atoms with Crippen LogP contribution in [0.15, 0.2) is 18.2 Å². The van der Waals surface area contributed by atoms with Crippen LogP contribution in [-0.2, 0) is 4.74 Å². The maximum Gasteiger partial charge on any atom is 0.0595 e. The molecule has 1 aliphatic rings. The summed E-state index contributed by atoms with van der Waals surface area (Å²) >= 11 is 12.1. The number of rotatable bonds is 7. The number of ether oxygens (including phenoxy) is 1. The van der Waals surface area contributed by atoms with Gasteiger partial charge in [-0.25, -0.2) is 0 Å². The summed E-state index contributed by atoms with van der Waals surface area (Å²) in [6, 6.07) is 5.97. The Balaban J connectivity index is 2.04. The first-order valence-electron chi connectivity index (χ1n) is 6.97. The summed E-state index contributed by atoms with van der Waals surface area (Å²) in [5, 5.41) is 14.2. The third-order valence-electron chi connectivity index (χ3n) is 3.80. The van der Waals surface area contributed by atoms with Crippen LogP contribution in [0.25, 0.3) is 0 Å². The lowest BCUT2D eigenvalue weighted by Gasteiger charge is -2.41. The number of halogens is 2. The van der Waals surface area contributed by atoms with Crippen molar-refractivity contribution in [3.8, 4) is 0 Å². The van der Waals surface area contributed by atoms with Crippen LogP contribution in [0.4, 0.5) is 0 Å². The SMILES string of the molecule is CCCC(NCC1(CO)COC1)c1ccc(Cl)c(Cl)c1. The molecule has 0 saturated carbocycles. The highest BCUT2D eigenvalue weighted by Gasteiger charge is 2.38. The van der Waals surface area contributed by atoms with Crippen molar-refractivity contribution >= 4 is 23.2 Å². The van der Waals surface area contributed by atoms with Crippen molar-refractivity contribution in [3.05, 3.63) is 33.8 Å². The third-order valence-corrected chi connectivity index (χ3v) is 4.54. The fourth-order valence-electron chi connectivity index (χ4n) is 2.38. The summed E-state index contributed by atoms with van der Waals surface area (Å²) in [7, 11) is 0. The molecule has 2 N–H and O–H groups in total. The average molecular weight is 318 g/mol. The molecule has 112 valence electrons. The molecule has 0 bridgehead atoms. The molecule has 1 unspecified atom stereocenters. The van der Waals surface area contributed by atoms with Gasteiger partial charge in [0.1, 0.15) is 0 Å². The lowest BCUT2D eigenvalue weighted by atomic mass is 9.86. The Labute approximate surface area is 130 Å². The minimum absolute atomic E-state index is 0.123. The van der Waals surface area contributed by atoms with Crippen LogP contribution in [0.5, 0.6) is 0 Å². The predicted molar refractivity (Wildman–Crippen MR) is 82.5 cm³/mol. The first kappa shape index (κ1) is 16.1. The highest BCUT2D eigenvalue weighted by atomic mass is 35.5. The second kappa shape index (κ2) is 7.10. The van der Waals surface area contributed by atoms with Crippen molar-refractivity contribution in [1.29, 1.82) is 0 Å². The quantitative estimate of drug-likeness (QED) is 0.809. The van der Waals surface area contributed by atoms with Gasteiger partial charge < -0.3 is 15.2 Å². The average Bonchev–Trinajstić information content (AvgIpc) is 2.40. The van der Waals surface area contributed by atoms with E-state index in [4.69, 9.17) is 27.9 Å². The molecule has 5 heteroatoms. The van der Waals surface area contributed by atoms with Gasteiger partial charge in [0.15, 0.2) is 0 Å². The second-order valence-corrected chi connectivity index (χ2v) is 6.36. The van der Waals surface area contributed by atoms with Gasteiger partial charge in [0.25, 0.3) is 0 Å². The summed E-state index contributed by atoms with van der Waals surface area (Å²) in [5.74, 6) is 0. The first-order chi connectivity index (χ1) is 9.60. The van der Waals surface area contributed by atoms with Gasteiger partial charge in [-0.3, -0.25) is 0 Å². The molecule has 20 heavy (non-hydrogen) atoms. The van der Waals surface area contributed by atoms with Crippen molar-refractivity contribution in [2.45, 2.75) is 25.8 Å². The number of benzene rings is 1. The zero-order valence-corrected chi connectivity index (χ0v) is 13.2. The molecule has 0 aromatic heterocycles. The van der Waals surface area contributed by atoms with Gasteiger partial charge in [0.05, 0.1) is 35.3 Å². The maximum absolute atomic E-state index is 9.47. The van der Waals surface area contributed by atoms with Crippen LogP contribution in [0.3, 0.4) is 0 Å². The van der Waals surface area contributed by atoms with Crippen molar-refractivity contribution in [1.82, 2.24) is 5.32 Å². The van der Waals surface area contributed by atoms with Crippen molar-refractivity contribution < 1.29 is 9.84 Å². The Hall–Kier alpha value is -0.320. The molecular formula is C15H21Cl2NO2. The number of hydrogen-bond donors (Lipinski definition) is 2. The van der Waals surface area contributed by atoms with Crippen LogP contribution in [0.1, 0.15) is 31.4 Å². The van der Waals surface area contributed by atoms with E-state index in [1.165, 1.54) is 0 Å². The van der Waals surface area contributed by atoms with Crippen LogP contribution < -0.4 is 5.32 Å². The molecule has 0 radical (unpaired) electrons. The van der Waals surface area contributed by atoms with E-state index >= 15 is 0 Å². The number of aliphatic hydroxyl groups excluding tert-OH is 1. The van der Waals surface area contributed by atoms with E-state index in [2.05, 4.69) is 12.2 Å². The standard InChI is InChI=1S/C15H21Cl2NO2/c1-2-3-14(11-4-5-12(16)13(17)6-11)18-7-15(8-19)9-20-10-15/h4-6,14,18-19H,2-3,7-10H2,1H3. The minimum atomic E-state index is -0.123. The van der Waals surface area contributed by atoms with Gasteiger partial charge in [-0.2, -0.15) is 0 Å². The van der Waals surface area contributed by atoms with Crippen LogP contribution in [0.2, 0.25) is 10.0 Å². The van der Waals surface area contributed by atoms with Crippen LogP contribution in [0, 0.1) is 5.41 Å². The molecule has 3 nitrogen and oxygen atoms in total. The smallest absolute Gasteiger partial charge is 0.0595 e. The lowest BCUT2D eigenvalue weighted by molar-refractivity contribution is -0.135. The topological polar surface area (TPSA) is 41.5 Å². The Morgan fingerprint density at radius 2 is 2.10 bits per heavy atom. The van der Waals surface area contributed by atoms with E-state index in [1.54, 1.807) is 0 Å². The third kappa shape index (κ3) is 3.66. The molecule has 1 atom stereocenters. The van der Waals surface area contributed by atoms with E-state index < -0.39 is 0 Å². The minimum Gasteiger partial charge on any atom is -0.396 e. The molecule has 1 saturated heterocycles. The molecular weight excluding hydrogens is 297 g/mol. The lowest BCUT2D eigenvalue weighted by Crippen LogP contribution is -2.52. The molecule has 1 aromatic carbocycles. The van der Waals surface area contributed by atoms with Gasteiger partial charge in [-0.15, -0.1) is 0 Å². The second-order valence-electron chi connectivity index (χ2n) is 5.55. The fourth-order valence-corrected chi connectivity index (χ4v) is 2.69. The Morgan fingerprint density at radius 3 is 2.60 bits per heavy atom. The van der Waals surface area contributed by atoms with E-state index in [-0.39, 0.29) is 18.1 Å². The van der Waals surface area contributed by atoms with Gasteiger partial charge in [0, 0.05) is 12.6 Å². The predicted octanol–water partition coefficient (Wildman–Crippen LogP) is 3.43. The Kier molecular flexibility index (Phi) is 5.70. The highest BCUT2D eigenvalue weighted by molar-refractivity contribution is 6.42. The molecule has 0 amide bonds. The fraction of sp³-hybridized carbons (Fsp3) is 0.600. The highest BCUT2D eigenvalue weighted by Crippen LogP contribution is 2.30. The normalized spacial score (nSPS) is 18.6. The molecule has 1 heterocycles. The van der Waals surface area contributed by atoms with Crippen molar-refractivity contribution in [2.24, 2.45) is 5.41 Å². The first-order valence-corrected chi connectivity index (χ1v) is 7.73. The summed E-state index contributed by atoms with van der Waals surface area (Å²) in [5.41, 5.74) is 1.01. The molecule has 0 spiro atoms. The Morgan fingerprint density at radius 1 is 1.35 bits per heavy atom. The van der Waals surface area contributed by atoms with Gasteiger partial charge in [-0.1, -0.05) is 42.6 Å². The molecule has 2 rings (SSSR count). The van der Waals surface area contributed by atoms with E-state index in [9.17, 15) is 5.11 Å². The Bertz CT molecular complexity index is 444. The molecule has 1 fully saturated rings. The largest absolute Gasteiger partial charge is 0.396 e. The van der Waals surface area contributed by atoms with Gasteiger partial charge >= 0.3 is 0 Å². The zero-order chi connectivity index (χ0) is 14.6. The number of nitrogens with one attached hydrogen (secondary N) is 1. The summed E-state index contributed by atoms with van der Waals surface area (Å²) in [6.07, 6.45) is 2.08. The van der Waals surface area contributed by atoms with Crippen LogP contribution in [-0.4, -0.2) is 31.5 Å². The summed E-state index contributed by atoms with van der Waals surface area (Å²) < 4.78 is 5.22. The molecule has 1 aliphatic heterocycles. The van der Waals surface area contributed by atoms with E-state index in [0.717, 1.165) is 24.9 Å². The summed E-state index contributed by atoms with van der Waals surface area (Å²) in [6.45, 7) is 4.29. The van der Waals surface area contributed by atoms with Crippen molar-refractivity contribution in [3.63, 3.8) is 0 Å². The zero-order valence-electron chi connectivity index (χ0n) is 11.7. The van der Waals surface area contributed by atoms with Crippen LogP contribution >= 0.6 is 23.2 Å². The van der Waals surface area contributed by atoms with E-state index in [1.807, 2.05) is 18.2 Å². The van der Waals surface area contributed by atoms with Crippen molar-refractivity contribution in [2.75, 3.05) is 26.4 Å². The van der Waals surface area contributed by atoms with Gasteiger partial charge in [-0.05, 0) is 24.1 Å². The van der Waals surface area contributed by atoms with E-state index in [0.29, 0.717) is 23.3 Å². The summed E-state index contributed by atoms with van der Waals surface area (Å²) in [4.78, 5) is 0. The number of hydrogen-bond acceptors (Lipinski definition) is 3. The monoisotopic (exact) mass is 317 g/mol. The van der Waals surface area contributed by atoms with Gasteiger partial charge in [0.2, 0.25) is 0 Å². The molecule has 0 aliphatic carbocycles.